The van der Waals surface area contributed by atoms with Crippen molar-refractivity contribution in [2.75, 3.05) is 6.61 Å². The summed E-state index contributed by atoms with van der Waals surface area (Å²) in [4.78, 5) is 4.01. The van der Waals surface area contributed by atoms with E-state index < -0.39 is 15.3 Å². The average molecular weight is 250 g/mol. The van der Waals surface area contributed by atoms with Crippen LogP contribution in [0.5, 0.6) is 0 Å². The molecule has 0 amide bonds. The van der Waals surface area contributed by atoms with E-state index in [1.807, 2.05) is 0 Å². The third-order valence-corrected chi connectivity index (χ3v) is 4.80. The van der Waals surface area contributed by atoms with Gasteiger partial charge in [-0.1, -0.05) is 0 Å². The second-order valence-corrected chi connectivity index (χ2v) is 6.30. The first kappa shape index (κ1) is 12.6. The topological polar surface area (TPSA) is 79.3 Å². The molecule has 2 atom stereocenters. The van der Waals surface area contributed by atoms with E-state index in [9.17, 15) is 8.42 Å². The van der Waals surface area contributed by atoms with Crippen molar-refractivity contribution in [3.63, 3.8) is 0 Å². The minimum Gasteiger partial charge on any atom is -0.395 e. The van der Waals surface area contributed by atoms with E-state index >= 15 is 0 Å². The van der Waals surface area contributed by atoms with Crippen LogP contribution in [0.1, 0.15) is 24.9 Å². The van der Waals surface area contributed by atoms with Crippen LogP contribution in [0.15, 0.2) is 11.6 Å². The molecule has 7 heteroatoms. The van der Waals surface area contributed by atoms with E-state index in [2.05, 4.69) is 9.71 Å². The second kappa shape index (κ2) is 5.02. The number of nitrogens with zero attached hydrogens (tertiary/aromatic N) is 1. The number of aromatic nitrogens is 1. The number of thiazole rings is 1. The molecule has 0 aliphatic heterocycles. The van der Waals surface area contributed by atoms with Crippen LogP contribution in [0.4, 0.5) is 0 Å². The first-order valence-corrected chi connectivity index (χ1v) is 6.91. The van der Waals surface area contributed by atoms with Crippen LogP contribution in [0.3, 0.4) is 0 Å². The smallest absolute Gasteiger partial charge is 0.217 e. The zero-order valence-electron chi connectivity index (χ0n) is 8.54. The maximum Gasteiger partial charge on any atom is 0.217 e. The molecule has 0 saturated heterocycles. The monoisotopic (exact) mass is 250 g/mol. The lowest BCUT2D eigenvalue weighted by molar-refractivity contribution is 0.294. The molecular weight excluding hydrogens is 236 g/mol. The van der Waals surface area contributed by atoms with Gasteiger partial charge in [-0.25, -0.2) is 18.1 Å². The zero-order chi connectivity index (χ0) is 11.5. The summed E-state index contributed by atoms with van der Waals surface area (Å²) in [5.74, 6) is 0. The van der Waals surface area contributed by atoms with Crippen molar-refractivity contribution in [1.29, 1.82) is 0 Å². The highest BCUT2D eigenvalue weighted by Crippen LogP contribution is 2.16. The fourth-order valence-corrected chi connectivity index (χ4v) is 2.71. The molecule has 0 aliphatic rings. The Bertz CT molecular complexity index is 388. The molecule has 2 unspecified atom stereocenters. The molecule has 0 bridgehead atoms. The predicted octanol–water partition coefficient (Wildman–Crippen LogP) is 0.504. The highest BCUT2D eigenvalue weighted by molar-refractivity contribution is 7.90. The Morgan fingerprint density at radius 1 is 1.60 bits per heavy atom. The third kappa shape index (κ3) is 3.23. The predicted molar refractivity (Wildman–Crippen MR) is 59.1 cm³/mol. The lowest BCUT2D eigenvalue weighted by Gasteiger charge is -2.15. The van der Waals surface area contributed by atoms with Gasteiger partial charge in [0.15, 0.2) is 0 Å². The van der Waals surface area contributed by atoms with E-state index in [-0.39, 0.29) is 12.6 Å². The number of aliphatic hydroxyl groups excluding tert-OH is 1. The molecule has 0 fully saturated rings. The normalized spacial score (nSPS) is 16.2. The van der Waals surface area contributed by atoms with Crippen LogP contribution >= 0.6 is 11.3 Å². The van der Waals surface area contributed by atoms with E-state index in [1.54, 1.807) is 18.5 Å². The average Bonchev–Trinajstić information content (AvgIpc) is 2.68. The van der Waals surface area contributed by atoms with Gasteiger partial charge in [-0.2, -0.15) is 0 Å². The molecule has 0 aliphatic carbocycles. The molecule has 1 aromatic rings. The van der Waals surface area contributed by atoms with Gasteiger partial charge in [0.2, 0.25) is 10.0 Å². The molecule has 0 spiro atoms. The largest absolute Gasteiger partial charge is 0.395 e. The Labute approximate surface area is 93.2 Å². The third-order valence-electron chi connectivity index (χ3n) is 1.95. The van der Waals surface area contributed by atoms with Crippen molar-refractivity contribution in [3.05, 3.63) is 16.6 Å². The number of rotatable bonds is 5. The van der Waals surface area contributed by atoms with Gasteiger partial charge in [0.05, 0.1) is 17.9 Å². The molecule has 5 nitrogen and oxygen atoms in total. The summed E-state index contributed by atoms with van der Waals surface area (Å²) >= 11 is 1.39. The van der Waals surface area contributed by atoms with Crippen LogP contribution in [0.2, 0.25) is 0 Å². The summed E-state index contributed by atoms with van der Waals surface area (Å²) in [6.07, 6.45) is 1.63. The summed E-state index contributed by atoms with van der Waals surface area (Å²) in [6.45, 7) is 2.79. The molecule has 15 heavy (non-hydrogen) atoms. The zero-order valence-corrected chi connectivity index (χ0v) is 10.2. The van der Waals surface area contributed by atoms with Gasteiger partial charge >= 0.3 is 0 Å². The van der Waals surface area contributed by atoms with Crippen molar-refractivity contribution in [2.45, 2.75) is 25.1 Å². The van der Waals surface area contributed by atoms with E-state index in [0.29, 0.717) is 5.01 Å². The van der Waals surface area contributed by atoms with Crippen molar-refractivity contribution in [1.82, 2.24) is 9.71 Å². The second-order valence-electron chi connectivity index (χ2n) is 3.25. The molecule has 0 aromatic carbocycles. The van der Waals surface area contributed by atoms with Crippen molar-refractivity contribution in [2.24, 2.45) is 0 Å². The van der Waals surface area contributed by atoms with E-state index in [1.165, 1.54) is 18.3 Å². The molecule has 0 radical (unpaired) electrons. The maximum atomic E-state index is 11.6. The van der Waals surface area contributed by atoms with E-state index in [0.717, 1.165) is 0 Å². The quantitative estimate of drug-likeness (QED) is 0.797. The minimum absolute atomic E-state index is 0.357. The molecule has 0 saturated carbocycles. The molecule has 1 aromatic heterocycles. The Balaban J connectivity index is 2.70. The van der Waals surface area contributed by atoms with Gasteiger partial charge in [0.25, 0.3) is 0 Å². The van der Waals surface area contributed by atoms with E-state index in [4.69, 9.17) is 5.11 Å². The van der Waals surface area contributed by atoms with Gasteiger partial charge in [-0.3, -0.25) is 0 Å². The molecule has 86 valence electrons. The minimum atomic E-state index is -3.47. The Morgan fingerprint density at radius 2 is 2.27 bits per heavy atom. The lowest BCUT2D eigenvalue weighted by atomic mass is 10.4. The molecule has 2 N–H and O–H groups in total. The Kier molecular flexibility index (Phi) is 4.21. The van der Waals surface area contributed by atoms with Crippen LogP contribution < -0.4 is 4.72 Å². The Morgan fingerprint density at radius 3 is 2.73 bits per heavy atom. The first-order valence-electron chi connectivity index (χ1n) is 4.48. The SMILES string of the molecule is CC(NS(=O)(=O)C(C)CO)c1nccs1. The summed E-state index contributed by atoms with van der Waals surface area (Å²) < 4.78 is 25.6. The summed E-state index contributed by atoms with van der Waals surface area (Å²) in [6, 6.07) is -0.357. The number of nitrogens with one attached hydrogen (secondary N) is 1. The highest BCUT2D eigenvalue weighted by atomic mass is 32.2. The van der Waals surface area contributed by atoms with Crippen LogP contribution in [0.25, 0.3) is 0 Å². The van der Waals surface area contributed by atoms with Crippen molar-refractivity contribution in [3.8, 4) is 0 Å². The van der Waals surface area contributed by atoms with Gasteiger partial charge in [-0.15, -0.1) is 11.3 Å². The standard InChI is InChI=1S/C8H14N2O3S2/c1-6(5-11)15(12,13)10-7(2)8-9-3-4-14-8/h3-4,6-7,10-11H,5H2,1-2H3. The molecule has 1 rings (SSSR count). The summed E-state index contributed by atoms with van der Waals surface area (Å²) in [5, 5.41) is 10.5. The van der Waals surface area contributed by atoms with Crippen molar-refractivity contribution >= 4 is 21.4 Å². The van der Waals surface area contributed by atoms with Crippen molar-refractivity contribution < 1.29 is 13.5 Å². The fourth-order valence-electron chi connectivity index (χ4n) is 0.959. The highest BCUT2D eigenvalue weighted by Gasteiger charge is 2.23. The summed E-state index contributed by atoms with van der Waals surface area (Å²) in [5.41, 5.74) is 0. The first-order chi connectivity index (χ1) is 6.97. The van der Waals surface area contributed by atoms with Gasteiger partial charge in [0, 0.05) is 11.6 Å². The van der Waals surface area contributed by atoms with Crippen LogP contribution in [-0.2, 0) is 10.0 Å². The molecule has 1 heterocycles. The lowest BCUT2D eigenvalue weighted by Crippen LogP contribution is -2.36. The number of hydrogen-bond acceptors (Lipinski definition) is 5. The van der Waals surface area contributed by atoms with Crippen LogP contribution in [-0.4, -0.2) is 30.4 Å². The van der Waals surface area contributed by atoms with Gasteiger partial charge in [0.1, 0.15) is 5.01 Å². The van der Waals surface area contributed by atoms with Crippen LogP contribution in [0, 0.1) is 0 Å². The number of sulfonamides is 1. The fraction of sp³-hybridized carbons (Fsp3) is 0.625. The van der Waals surface area contributed by atoms with Gasteiger partial charge in [-0.05, 0) is 13.8 Å². The molecular formula is C8H14N2O3S2. The summed E-state index contributed by atoms with van der Waals surface area (Å²) in [7, 11) is -3.47. The number of hydrogen-bond donors (Lipinski definition) is 2. The number of aliphatic hydroxyl groups is 1. The van der Waals surface area contributed by atoms with Gasteiger partial charge < -0.3 is 5.11 Å². The maximum absolute atomic E-state index is 11.6. The Hall–Kier alpha value is -0.500.